The molecule has 0 spiro atoms. The highest BCUT2D eigenvalue weighted by Crippen LogP contribution is 2.35. The van der Waals surface area contributed by atoms with Crippen molar-refractivity contribution >= 4 is 21.8 Å². The first-order chi connectivity index (χ1) is 8.86. The number of amides is 1. The molecule has 0 aromatic heterocycles. The lowest BCUT2D eigenvalue weighted by Crippen LogP contribution is -2.24. The monoisotopic (exact) mass is 333 g/mol. The zero-order valence-electron chi connectivity index (χ0n) is 10.1. The first kappa shape index (κ1) is 15.6. The third-order valence-corrected chi connectivity index (χ3v) is 2.94. The summed E-state index contributed by atoms with van der Waals surface area (Å²) in [5.74, 6) is 4.86. The number of carbonyl (C=O) groups is 1. The quantitative estimate of drug-likeness (QED) is 0.664. The topological polar surface area (TPSA) is 29.1 Å². The van der Waals surface area contributed by atoms with Crippen LogP contribution in [-0.4, -0.2) is 12.5 Å². The van der Waals surface area contributed by atoms with Crippen LogP contribution < -0.4 is 5.32 Å². The molecule has 102 valence electrons. The molecule has 0 aliphatic carbocycles. The van der Waals surface area contributed by atoms with Crippen LogP contribution in [0.5, 0.6) is 0 Å². The molecule has 1 aromatic carbocycles. The second-order valence-electron chi connectivity index (χ2n) is 3.63. The fourth-order valence-corrected chi connectivity index (χ4v) is 1.82. The van der Waals surface area contributed by atoms with Gasteiger partial charge in [0.1, 0.15) is 0 Å². The van der Waals surface area contributed by atoms with Crippen LogP contribution in [0.4, 0.5) is 13.2 Å². The third kappa shape index (κ3) is 4.60. The van der Waals surface area contributed by atoms with Crippen molar-refractivity contribution < 1.29 is 18.0 Å². The summed E-state index contributed by atoms with van der Waals surface area (Å²) in [6.45, 7) is 1.98. The molecular formula is C13H11BrF3NO. The van der Waals surface area contributed by atoms with Crippen LogP contribution in [0.3, 0.4) is 0 Å². The number of nitrogens with one attached hydrogen (secondary N) is 1. The number of hydrogen-bond acceptors (Lipinski definition) is 1. The lowest BCUT2D eigenvalue weighted by atomic mass is 10.1. The summed E-state index contributed by atoms with van der Waals surface area (Å²) in [7, 11) is 0. The Morgan fingerprint density at radius 1 is 1.42 bits per heavy atom. The maximum atomic E-state index is 12.7. The Hall–Kier alpha value is -1.48. The first-order valence-electron chi connectivity index (χ1n) is 5.41. The van der Waals surface area contributed by atoms with E-state index in [2.05, 4.69) is 33.1 Å². The number of hydrogen-bond donors (Lipinski definition) is 1. The number of benzene rings is 1. The first-order valence-corrected chi connectivity index (χ1v) is 6.20. The van der Waals surface area contributed by atoms with E-state index < -0.39 is 17.6 Å². The standard InChI is InChI=1S/C13H11BrF3NO/c1-2-3-4-7-18-12(19)9-5-6-11(14)10(8-9)13(15,16)17/h5-6,8H,4,7H2,1H3,(H,18,19). The molecule has 0 radical (unpaired) electrons. The maximum absolute atomic E-state index is 12.7. The van der Waals surface area contributed by atoms with E-state index in [-0.39, 0.29) is 10.0 Å². The fraction of sp³-hybridized carbons (Fsp3) is 0.308. The van der Waals surface area contributed by atoms with E-state index in [9.17, 15) is 18.0 Å². The van der Waals surface area contributed by atoms with Crippen molar-refractivity contribution in [2.45, 2.75) is 19.5 Å². The van der Waals surface area contributed by atoms with Crippen molar-refractivity contribution in [3.05, 3.63) is 33.8 Å². The highest BCUT2D eigenvalue weighted by atomic mass is 79.9. The zero-order chi connectivity index (χ0) is 14.5. The van der Waals surface area contributed by atoms with E-state index in [0.717, 1.165) is 6.07 Å². The smallest absolute Gasteiger partial charge is 0.351 e. The fourth-order valence-electron chi connectivity index (χ4n) is 1.35. The molecule has 2 nitrogen and oxygen atoms in total. The zero-order valence-corrected chi connectivity index (χ0v) is 11.7. The molecule has 1 aromatic rings. The van der Waals surface area contributed by atoms with Gasteiger partial charge in [0.05, 0.1) is 5.56 Å². The minimum Gasteiger partial charge on any atom is -0.351 e. The van der Waals surface area contributed by atoms with Gasteiger partial charge in [-0.05, 0) is 25.1 Å². The van der Waals surface area contributed by atoms with Gasteiger partial charge >= 0.3 is 6.18 Å². The van der Waals surface area contributed by atoms with Crippen LogP contribution in [-0.2, 0) is 6.18 Å². The highest BCUT2D eigenvalue weighted by Gasteiger charge is 2.33. The summed E-state index contributed by atoms with van der Waals surface area (Å²) in [5.41, 5.74) is -0.895. The summed E-state index contributed by atoms with van der Waals surface area (Å²) in [6.07, 6.45) is -4.03. The number of halogens is 4. The van der Waals surface area contributed by atoms with E-state index in [4.69, 9.17) is 0 Å². The maximum Gasteiger partial charge on any atom is 0.417 e. The van der Waals surface area contributed by atoms with Crippen molar-refractivity contribution in [1.82, 2.24) is 5.32 Å². The van der Waals surface area contributed by atoms with Crippen molar-refractivity contribution in [1.29, 1.82) is 0 Å². The minimum atomic E-state index is -4.50. The van der Waals surface area contributed by atoms with Gasteiger partial charge in [-0.3, -0.25) is 4.79 Å². The van der Waals surface area contributed by atoms with Crippen molar-refractivity contribution in [3.8, 4) is 11.8 Å². The Morgan fingerprint density at radius 2 is 2.11 bits per heavy atom. The van der Waals surface area contributed by atoms with Crippen molar-refractivity contribution in [2.75, 3.05) is 6.54 Å². The van der Waals surface area contributed by atoms with Gasteiger partial charge in [0.2, 0.25) is 0 Å². The van der Waals surface area contributed by atoms with E-state index in [1.165, 1.54) is 12.1 Å². The average molecular weight is 334 g/mol. The minimum absolute atomic E-state index is 0.0278. The van der Waals surface area contributed by atoms with E-state index >= 15 is 0 Å². The van der Waals surface area contributed by atoms with Gasteiger partial charge in [0.15, 0.2) is 0 Å². The molecular weight excluding hydrogens is 323 g/mol. The van der Waals surface area contributed by atoms with Gasteiger partial charge in [0, 0.05) is 23.0 Å². The van der Waals surface area contributed by atoms with Gasteiger partial charge in [-0.2, -0.15) is 13.2 Å². The molecule has 0 heterocycles. The summed E-state index contributed by atoms with van der Waals surface area (Å²) in [5, 5.41) is 2.51. The SMILES string of the molecule is CC#CCCNC(=O)c1ccc(Br)c(C(F)(F)F)c1. The molecule has 0 aliphatic rings. The van der Waals surface area contributed by atoms with Crippen molar-refractivity contribution in [3.63, 3.8) is 0 Å². The molecule has 0 atom stereocenters. The van der Waals surface area contributed by atoms with E-state index in [1.54, 1.807) is 6.92 Å². The highest BCUT2D eigenvalue weighted by molar-refractivity contribution is 9.10. The van der Waals surface area contributed by atoms with Crippen molar-refractivity contribution in [2.24, 2.45) is 0 Å². The van der Waals surface area contributed by atoms with Crippen LogP contribution in [0.1, 0.15) is 29.3 Å². The summed E-state index contributed by atoms with van der Waals surface area (Å²) in [4.78, 5) is 11.7. The molecule has 1 rings (SSSR count). The van der Waals surface area contributed by atoms with E-state index in [0.29, 0.717) is 13.0 Å². The van der Waals surface area contributed by atoms with Crippen LogP contribution in [0.25, 0.3) is 0 Å². The molecule has 0 bridgehead atoms. The number of alkyl halides is 3. The Morgan fingerprint density at radius 3 is 2.68 bits per heavy atom. The Labute approximate surface area is 117 Å². The molecule has 0 saturated carbocycles. The average Bonchev–Trinajstić information content (AvgIpc) is 2.33. The Balaban J connectivity index is 2.83. The summed E-state index contributed by atoms with van der Waals surface area (Å²) < 4.78 is 37.9. The van der Waals surface area contributed by atoms with Gasteiger partial charge in [0.25, 0.3) is 5.91 Å². The lowest BCUT2D eigenvalue weighted by Gasteiger charge is -2.11. The third-order valence-electron chi connectivity index (χ3n) is 2.25. The molecule has 0 unspecified atom stereocenters. The molecule has 0 fully saturated rings. The van der Waals surface area contributed by atoms with Crippen LogP contribution in [0.2, 0.25) is 0 Å². The van der Waals surface area contributed by atoms with Crippen LogP contribution in [0, 0.1) is 11.8 Å². The summed E-state index contributed by atoms with van der Waals surface area (Å²) in [6, 6.07) is 3.37. The lowest BCUT2D eigenvalue weighted by molar-refractivity contribution is -0.138. The normalized spacial score (nSPS) is 10.6. The molecule has 0 saturated heterocycles. The molecule has 19 heavy (non-hydrogen) atoms. The Kier molecular flexibility index (Phi) is 5.43. The van der Waals surface area contributed by atoms with Crippen LogP contribution in [0.15, 0.2) is 22.7 Å². The predicted octanol–water partition coefficient (Wildman–Crippen LogP) is 3.61. The molecule has 1 N–H and O–H groups in total. The second-order valence-corrected chi connectivity index (χ2v) is 4.48. The van der Waals surface area contributed by atoms with Gasteiger partial charge in [-0.25, -0.2) is 0 Å². The molecule has 6 heteroatoms. The Bertz CT molecular complexity index is 529. The number of carbonyl (C=O) groups excluding carboxylic acids is 1. The largest absolute Gasteiger partial charge is 0.417 e. The van der Waals surface area contributed by atoms with Gasteiger partial charge < -0.3 is 5.32 Å². The second kappa shape index (κ2) is 6.62. The van der Waals surface area contributed by atoms with Gasteiger partial charge in [-0.15, -0.1) is 11.8 Å². The molecule has 0 aliphatic heterocycles. The predicted molar refractivity (Wildman–Crippen MR) is 69.5 cm³/mol. The summed E-state index contributed by atoms with van der Waals surface area (Å²) >= 11 is 2.82. The number of rotatable bonds is 3. The van der Waals surface area contributed by atoms with Crippen LogP contribution >= 0.6 is 15.9 Å². The molecule has 1 amide bonds. The van der Waals surface area contributed by atoms with Gasteiger partial charge in [-0.1, -0.05) is 15.9 Å². The van der Waals surface area contributed by atoms with E-state index in [1.807, 2.05) is 0 Å².